The minimum Gasteiger partial charge on any atom is -0.305 e. The van der Waals surface area contributed by atoms with Crippen molar-refractivity contribution in [2.24, 2.45) is 5.41 Å². The molecule has 0 saturated carbocycles. The molecule has 2 aliphatic heterocycles. The number of carbonyl (C=O) groups is 1. The van der Waals surface area contributed by atoms with E-state index in [1.54, 1.807) is 0 Å². The molecule has 35 heavy (non-hydrogen) atoms. The van der Waals surface area contributed by atoms with Crippen LogP contribution in [0.2, 0.25) is 0 Å². The van der Waals surface area contributed by atoms with Crippen molar-refractivity contribution in [3.05, 3.63) is 95.7 Å². The molecule has 0 amide bonds. The van der Waals surface area contributed by atoms with E-state index < -0.39 is 11.0 Å². The summed E-state index contributed by atoms with van der Waals surface area (Å²) >= 11 is 0. The summed E-state index contributed by atoms with van der Waals surface area (Å²) in [5.41, 5.74) is 5.75. The summed E-state index contributed by atoms with van der Waals surface area (Å²) in [4.78, 5) is 29.7. The van der Waals surface area contributed by atoms with E-state index in [-0.39, 0.29) is 5.92 Å². The van der Waals surface area contributed by atoms with Crippen LogP contribution in [0.15, 0.2) is 78.9 Å². The minimum absolute atomic E-state index is 0.0521. The highest BCUT2D eigenvalue weighted by atomic mass is 16.1. The maximum Gasteiger partial charge on any atom is 0.144 e. The summed E-state index contributed by atoms with van der Waals surface area (Å²) in [6, 6.07) is 27.2. The Bertz CT molecular complexity index is 1480. The molecule has 3 aromatic carbocycles. The summed E-state index contributed by atoms with van der Waals surface area (Å²) in [5.74, 6) is 0.391. The number of likely N-dealkylation sites (tertiary alicyclic amines) is 2. The van der Waals surface area contributed by atoms with Gasteiger partial charge in [-0.05, 0) is 37.4 Å². The van der Waals surface area contributed by atoms with Crippen molar-refractivity contribution in [2.75, 3.05) is 33.7 Å². The van der Waals surface area contributed by atoms with Crippen LogP contribution in [0.25, 0.3) is 22.3 Å². The monoisotopic (exact) mass is 460 g/mol. The number of piperidine rings is 1. The Kier molecular flexibility index (Phi) is 4.36. The van der Waals surface area contributed by atoms with Gasteiger partial charge in [-0.2, -0.15) is 0 Å². The van der Waals surface area contributed by atoms with Gasteiger partial charge in [0.2, 0.25) is 0 Å². The molecule has 0 bridgehead atoms. The van der Waals surface area contributed by atoms with Crippen molar-refractivity contribution in [3.8, 4) is 11.3 Å². The van der Waals surface area contributed by atoms with Crippen LogP contribution < -0.4 is 0 Å². The van der Waals surface area contributed by atoms with Crippen molar-refractivity contribution in [1.29, 1.82) is 0 Å². The third kappa shape index (κ3) is 2.52. The second-order valence-corrected chi connectivity index (χ2v) is 10.4. The van der Waals surface area contributed by atoms with Crippen molar-refractivity contribution >= 4 is 16.8 Å². The summed E-state index contributed by atoms with van der Waals surface area (Å²) in [6.07, 6.45) is 0.550. The zero-order valence-corrected chi connectivity index (χ0v) is 20.1. The van der Waals surface area contributed by atoms with Crippen LogP contribution in [-0.2, 0) is 10.3 Å². The van der Waals surface area contributed by atoms with Gasteiger partial charge in [-0.1, -0.05) is 66.7 Å². The van der Waals surface area contributed by atoms with Crippen molar-refractivity contribution in [1.82, 2.24) is 19.8 Å². The Labute approximate surface area is 205 Å². The lowest BCUT2D eigenvalue weighted by atomic mass is 9.56. The predicted octanol–water partition coefficient (Wildman–Crippen LogP) is 4.47. The number of carbonyl (C=O) groups excluding carboxylic acids is 1. The SMILES string of the molecule is CN1CCC(=O)[C@]2(C1)[C@@H](c1ccccc1)CN(C)[C@]21c2ccccc2-c2nc3ccccc3nc21. The number of benzene rings is 3. The van der Waals surface area contributed by atoms with E-state index in [1.807, 2.05) is 24.3 Å². The second kappa shape index (κ2) is 7.30. The van der Waals surface area contributed by atoms with Gasteiger partial charge in [0.1, 0.15) is 11.3 Å². The number of rotatable bonds is 1. The number of aromatic nitrogens is 2. The van der Waals surface area contributed by atoms with E-state index in [9.17, 15) is 4.79 Å². The zero-order chi connectivity index (χ0) is 23.8. The minimum atomic E-state index is -0.678. The standard InChI is InChI=1S/C30H28N4O/c1-33-17-16-26(35)29(19-33)23(20-10-4-3-5-11-20)18-34(2)30(29)22-13-7-6-12-21(22)27-28(30)32-25-15-9-8-14-24(25)31-27/h3-15,23H,16-19H2,1-2H3/t23-,29+,30+/m1/s1. The maximum absolute atomic E-state index is 14.4. The number of likely N-dealkylation sites (N-methyl/N-ethyl adjacent to an activating group) is 1. The van der Waals surface area contributed by atoms with E-state index in [0.717, 1.165) is 46.6 Å². The molecule has 0 unspecified atom stereocenters. The molecule has 7 rings (SSSR count). The van der Waals surface area contributed by atoms with Crippen molar-refractivity contribution < 1.29 is 4.79 Å². The van der Waals surface area contributed by atoms with E-state index in [1.165, 1.54) is 5.56 Å². The highest BCUT2D eigenvalue weighted by Crippen LogP contribution is 2.67. The number of hydrogen-bond acceptors (Lipinski definition) is 5. The topological polar surface area (TPSA) is 49.3 Å². The Hall–Kier alpha value is -3.41. The molecule has 1 aliphatic carbocycles. The fraction of sp³-hybridized carbons (Fsp3) is 0.300. The normalized spacial score (nSPS) is 28.2. The van der Waals surface area contributed by atoms with Crippen LogP contribution in [-0.4, -0.2) is 59.3 Å². The smallest absolute Gasteiger partial charge is 0.144 e. The van der Waals surface area contributed by atoms with Crippen LogP contribution in [0.3, 0.4) is 0 Å². The highest BCUT2D eigenvalue weighted by molar-refractivity contribution is 5.94. The Morgan fingerprint density at radius 1 is 0.857 bits per heavy atom. The molecular formula is C30H28N4O. The van der Waals surface area contributed by atoms with Crippen LogP contribution in [0.4, 0.5) is 0 Å². The number of fused-ring (bicyclic) bond motifs is 7. The van der Waals surface area contributed by atoms with Crippen molar-refractivity contribution in [3.63, 3.8) is 0 Å². The molecule has 174 valence electrons. The molecule has 1 aromatic heterocycles. The molecule has 5 heteroatoms. The Morgan fingerprint density at radius 2 is 1.54 bits per heavy atom. The largest absolute Gasteiger partial charge is 0.305 e. The highest BCUT2D eigenvalue weighted by Gasteiger charge is 2.72. The van der Waals surface area contributed by atoms with Crippen LogP contribution in [0.1, 0.15) is 29.2 Å². The molecule has 2 spiro atoms. The van der Waals surface area contributed by atoms with Gasteiger partial charge in [-0.25, -0.2) is 9.97 Å². The van der Waals surface area contributed by atoms with Gasteiger partial charge in [0.05, 0.1) is 27.8 Å². The van der Waals surface area contributed by atoms with Crippen LogP contribution in [0, 0.1) is 5.41 Å². The summed E-state index contributed by atoms with van der Waals surface area (Å²) in [6.45, 7) is 2.27. The van der Waals surface area contributed by atoms with Crippen molar-refractivity contribution in [2.45, 2.75) is 17.9 Å². The number of ketones is 1. The number of nitrogens with zero attached hydrogens (tertiary/aromatic N) is 4. The summed E-state index contributed by atoms with van der Waals surface area (Å²) < 4.78 is 0. The molecule has 3 heterocycles. The lowest BCUT2D eigenvalue weighted by Crippen LogP contribution is -2.62. The predicted molar refractivity (Wildman–Crippen MR) is 137 cm³/mol. The first-order chi connectivity index (χ1) is 17.1. The molecule has 3 atom stereocenters. The third-order valence-electron chi connectivity index (χ3n) is 8.69. The van der Waals surface area contributed by atoms with E-state index in [2.05, 4.69) is 78.5 Å². The van der Waals surface area contributed by atoms with E-state index >= 15 is 0 Å². The Morgan fingerprint density at radius 3 is 2.34 bits per heavy atom. The Balaban J connectivity index is 1.62. The quantitative estimate of drug-likeness (QED) is 0.419. The molecule has 3 aliphatic rings. The maximum atomic E-state index is 14.4. The first kappa shape index (κ1) is 20.9. The number of para-hydroxylation sites is 2. The van der Waals surface area contributed by atoms with Gasteiger partial charge >= 0.3 is 0 Å². The van der Waals surface area contributed by atoms with E-state index in [4.69, 9.17) is 9.97 Å². The van der Waals surface area contributed by atoms with Gasteiger partial charge in [0.15, 0.2) is 0 Å². The molecular weight excluding hydrogens is 432 g/mol. The van der Waals surface area contributed by atoms with Gasteiger partial charge in [0, 0.05) is 37.5 Å². The molecule has 0 N–H and O–H groups in total. The number of hydrogen-bond donors (Lipinski definition) is 0. The average molecular weight is 461 g/mol. The molecule has 4 aromatic rings. The fourth-order valence-corrected chi connectivity index (χ4v) is 7.37. The van der Waals surface area contributed by atoms with Gasteiger partial charge in [0.25, 0.3) is 0 Å². The van der Waals surface area contributed by atoms with Crippen LogP contribution in [0.5, 0.6) is 0 Å². The lowest BCUT2D eigenvalue weighted by molar-refractivity contribution is -0.140. The van der Waals surface area contributed by atoms with Gasteiger partial charge < -0.3 is 4.90 Å². The molecule has 0 radical (unpaired) electrons. The first-order valence-corrected chi connectivity index (χ1v) is 12.4. The molecule has 2 fully saturated rings. The summed E-state index contributed by atoms with van der Waals surface area (Å²) in [7, 11) is 4.32. The molecule has 2 saturated heterocycles. The first-order valence-electron chi connectivity index (χ1n) is 12.4. The van der Waals surface area contributed by atoms with E-state index in [0.29, 0.717) is 18.7 Å². The van der Waals surface area contributed by atoms with Crippen LogP contribution >= 0.6 is 0 Å². The average Bonchev–Trinajstić information content (AvgIpc) is 3.32. The zero-order valence-electron chi connectivity index (χ0n) is 20.1. The second-order valence-electron chi connectivity index (χ2n) is 10.4. The summed E-state index contributed by atoms with van der Waals surface area (Å²) in [5, 5.41) is 0. The number of Topliss-reactive ketones (excluding diaryl/α,β-unsaturated/α-hetero) is 1. The molecule has 5 nitrogen and oxygen atoms in total. The third-order valence-corrected chi connectivity index (χ3v) is 8.69. The van der Waals surface area contributed by atoms with Gasteiger partial charge in [-0.3, -0.25) is 9.69 Å². The lowest BCUT2D eigenvalue weighted by Gasteiger charge is -2.51. The van der Waals surface area contributed by atoms with Gasteiger partial charge in [-0.15, -0.1) is 0 Å². The fourth-order valence-electron chi connectivity index (χ4n) is 7.37.